The highest BCUT2D eigenvalue weighted by Crippen LogP contribution is 2.25. The zero-order chi connectivity index (χ0) is 19.4. The van der Waals surface area contributed by atoms with Crippen LogP contribution >= 0.6 is 15.9 Å². The van der Waals surface area contributed by atoms with Gasteiger partial charge in [-0.1, -0.05) is 29.8 Å². The van der Waals surface area contributed by atoms with Crippen molar-refractivity contribution >= 4 is 27.7 Å². The molecule has 0 radical (unpaired) electrons. The number of nitrogens with zero attached hydrogens (tertiary/aromatic N) is 2. The number of rotatable bonds is 6. The maximum Gasteiger partial charge on any atom is 0.257 e. The van der Waals surface area contributed by atoms with E-state index in [4.69, 9.17) is 9.47 Å². The van der Waals surface area contributed by atoms with E-state index in [1.54, 1.807) is 37.1 Å². The van der Waals surface area contributed by atoms with Crippen LogP contribution in [-0.2, 0) is 6.54 Å². The van der Waals surface area contributed by atoms with Crippen LogP contribution in [0.15, 0.2) is 53.1 Å². The molecule has 0 unspecified atom stereocenters. The summed E-state index contributed by atoms with van der Waals surface area (Å²) < 4.78 is 12.9. The van der Waals surface area contributed by atoms with Gasteiger partial charge in [0, 0.05) is 17.8 Å². The SMILES string of the molecule is COc1cc(OC)cc(C(=O)Nc2nn(Cc3ccc(C)cc3)cc2Br)c1. The van der Waals surface area contributed by atoms with E-state index in [0.717, 1.165) is 5.56 Å². The zero-order valence-corrected chi connectivity index (χ0v) is 16.9. The van der Waals surface area contributed by atoms with Crippen molar-refractivity contribution in [3.05, 3.63) is 69.8 Å². The van der Waals surface area contributed by atoms with Crippen molar-refractivity contribution in [3.63, 3.8) is 0 Å². The normalized spacial score (nSPS) is 10.5. The second-order valence-corrected chi connectivity index (χ2v) is 6.92. The third-order valence-corrected chi connectivity index (χ3v) is 4.61. The van der Waals surface area contributed by atoms with Crippen molar-refractivity contribution in [3.8, 4) is 11.5 Å². The number of amides is 1. The van der Waals surface area contributed by atoms with Crippen LogP contribution in [-0.4, -0.2) is 29.9 Å². The molecule has 0 aliphatic heterocycles. The summed E-state index contributed by atoms with van der Waals surface area (Å²) in [6.07, 6.45) is 1.83. The number of hydrogen-bond donors (Lipinski definition) is 1. The van der Waals surface area contributed by atoms with Gasteiger partial charge in [0.1, 0.15) is 11.5 Å². The topological polar surface area (TPSA) is 65.4 Å². The van der Waals surface area contributed by atoms with E-state index in [1.165, 1.54) is 5.56 Å². The van der Waals surface area contributed by atoms with Gasteiger partial charge in [0.2, 0.25) is 0 Å². The molecule has 1 aromatic heterocycles. The van der Waals surface area contributed by atoms with Crippen molar-refractivity contribution in [2.75, 3.05) is 19.5 Å². The number of carbonyl (C=O) groups is 1. The number of methoxy groups -OCH3 is 2. The van der Waals surface area contributed by atoms with Crippen LogP contribution in [0.25, 0.3) is 0 Å². The smallest absolute Gasteiger partial charge is 0.257 e. The maximum atomic E-state index is 12.6. The van der Waals surface area contributed by atoms with E-state index in [9.17, 15) is 4.79 Å². The van der Waals surface area contributed by atoms with Gasteiger partial charge in [-0.05, 0) is 40.5 Å². The van der Waals surface area contributed by atoms with Crippen molar-refractivity contribution < 1.29 is 14.3 Å². The molecule has 0 atom stereocenters. The molecule has 140 valence electrons. The highest BCUT2D eigenvalue weighted by atomic mass is 79.9. The van der Waals surface area contributed by atoms with E-state index in [2.05, 4.69) is 57.5 Å². The second kappa shape index (κ2) is 8.26. The van der Waals surface area contributed by atoms with Crippen LogP contribution in [0.4, 0.5) is 5.82 Å². The molecule has 1 heterocycles. The number of carbonyl (C=O) groups excluding carboxylic acids is 1. The summed E-state index contributed by atoms with van der Waals surface area (Å²) in [5.41, 5.74) is 2.76. The Balaban J connectivity index is 1.76. The lowest BCUT2D eigenvalue weighted by molar-refractivity contribution is 0.102. The Bertz CT molecular complexity index is 929. The maximum absolute atomic E-state index is 12.6. The van der Waals surface area contributed by atoms with E-state index >= 15 is 0 Å². The largest absolute Gasteiger partial charge is 0.497 e. The highest BCUT2D eigenvalue weighted by Gasteiger charge is 2.14. The first-order valence-electron chi connectivity index (χ1n) is 8.31. The average Bonchev–Trinajstić information content (AvgIpc) is 3.01. The fourth-order valence-corrected chi connectivity index (χ4v) is 2.98. The monoisotopic (exact) mass is 429 g/mol. The van der Waals surface area contributed by atoms with Crippen molar-refractivity contribution in [2.45, 2.75) is 13.5 Å². The number of aryl methyl sites for hydroxylation is 1. The molecule has 0 bridgehead atoms. The Kier molecular flexibility index (Phi) is 5.81. The molecule has 0 saturated heterocycles. The van der Waals surface area contributed by atoms with Gasteiger partial charge in [0.25, 0.3) is 5.91 Å². The molecule has 0 fully saturated rings. The first-order chi connectivity index (χ1) is 13.0. The molecule has 0 aliphatic carbocycles. The first-order valence-corrected chi connectivity index (χ1v) is 9.10. The van der Waals surface area contributed by atoms with Gasteiger partial charge < -0.3 is 14.8 Å². The molecule has 27 heavy (non-hydrogen) atoms. The summed E-state index contributed by atoms with van der Waals surface area (Å²) in [6, 6.07) is 13.3. The van der Waals surface area contributed by atoms with Crippen molar-refractivity contribution in [2.24, 2.45) is 0 Å². The lowest BCUT2D eigenvalue weighted by atomic mass is 10.1. The van der Waals surface area contributed by atoms with E-state index in [1.807, 2.05) is 6.20 Å². The summed E-state index contributed by atoms with van der Waals surface area (Å²) in [6.45, 7) is 2.66. The quantitative estimate of drug-likeness (QED) is 0.635. The summed E-state index contributed by atoms with van der Waals surface area (Å²) in [5.74, 6) is 1.24. The van der Waals surface area contributed by atoms with Gasteiger partial charge in [0.15, 0.2) is 5.82 Å². The molecule has 0 spiro atoms. The molecular weight excluding hydrogens is 410 g/mol. The summed E-state index contributed by atoms with van der Waals surface area (Å²) in [5, 5.41) is 7.27. The number of ether oxygens (including phenoxy) is 2. The molecule has 1 N–H and O–H groups in total. The number of benzene rings is 2. The number of anilines is 1. The Hall–Kier alpha value is -2.80. The fourth-order valence-electron chi connectivity index (χ4n) is 2.56. The van der Waals surface area contributed by atoms with E-state index in [-0.39, 0.29) is 5.91 Å². The summed E-state index contributed by atoms with van der Waals surface area (Å²) in [4.78, 5) is 12.6. The second-order valence-electron chi connectivity index (χ2n) is 6.06. The van der Waals surface area contributed by atoms with Gasteiger partial charge in [-0.3, -0.25) is 9.48 Å². The average molecular weight is 430 g/mol. The zero-order valence-electron chi connectivity index (χ0n) is 15.3. The standard InChI is InChI=1S/C20H20BrN3O3/c1-13-4-6-14(7-5-13)11-24-12-18(21)19(23-24)22-20(25)15-8-16(26-2)10-17(9-15)27-3/h4-10,12H,11H2,1-3H3,(H,22,23,25). The fraction of sp³-hybridized carbons (Fsp3) is 0.200. The lowest BCUT2D eigenvalue weighted by Gasteiger charge is -2.08. The van der Waals surface area contributed by atoms with Gasteiger partial charge >= 0.3 is 0 Å². The summed E-state index contributed by atoms with van der Waals surface area (Å²) >= 11 is 3.45. The minimum atomic E-state index is -0.298. The van der Waals surface area contributed by atoms with Crippen LogP contribution in [0.3, 0.4) is 0 Å². The minimum absolute atomic E-state index is 0.298. The number of halogens is 1. The Morgan fingerprint density at radius 3 is 2.33 bits per heavy atom. The van der Waals surface area contributed by atoms with Crippen molar-refractivity contribution in [1.29, 1.82) is 0 Å². The third kappa shape index (κ3) is 4.68. The molecule has 7 heteroatoms. The Labute approximate surface area is 166 Å². The lowest BCUT2D eigenvalue weighted by Crippen LogP contribution is -2.13. The molecule has 0 saturated carbocycles. The molecular formula is C20H20BrN3O3. The molecule has 2 aromatic carbocycles. The van der Waals surface area contributed by atoms with E-state index in [0.29, 0.717) is 33.9 Å². The predicted octanol–water partition coefficient (Wildman–Crippen LogP) is 4.27. The van der Waals surface area contributed by atoms with Crippen LogP contribution in [0.2, 0.25) is 0 Å². The predicted molar refractivity (Wildman–Crippen MR) is 108 cm³/mol. The minimum Gasteiger partial charge on any atom is -0.497 e. The Morgan fingerprint density at radius 1 is 1.11 bits per heavy atom. The highest BCUT2D eigenvalue weighted by molar-refractivity contribution is 9.10. The van der Waals surface area contributed by atoms with Crippen LogP contribution in [0.1, 0.15) is 21.5 Å². The van der Waals surface area contributed by atoms with E-state index < -0.39 is 0 Å². The van der Waals surface area contributed by atoms with Gasteiger partial charge in [-0.15, -0.1) is 0 Å². The number of nitrogens with one attached hydrogen (secondary N) is 1. The molecule has 6 nitrogen and oxygen atoms in total. The number of aromatic nitrogens is 2. The van der Waals surface area contributed by atoms with Gasteiger partial charge in [-0.25, -0.2) is 0 Å². The summed E-state index contributed by atoms with van der Waals surface area (Å²) in [7, 11) is 3.08. The van der Waals surface area contributed by atoms with Crippen LogP contribution in [0.5, 0.6) is 11.5 Å². The number of hydrogen-bond acceptors (Lipinski definition) is 4. The van der Waals surface area contributed by atoms with Crippen LogP contribution in [0, 0.1) is 6.92 Å². The van der Waals surface area contributed by atoms with Crippen molar-refractivity contribution in [1.82, 2.24) is 9.78 Å². The van der Waals surface area contributed by atoms with Gasteiger partial charge in [-0.2, -0.15) is 5.10 Å². The molecule has 1 amide bonds. The third-order valence-electron chi connectivity index (χ3n) is 4.03. The Morgan fingerprint density at radius 2 is 1.74 bits per heavy atom. The molecule has 3 aromatic rings. The molecule has 3 rings (SSSR count). The molecule has 0 aliphatic rings. The van der Waals surface area contributed by atoms with Crippen LogP contribution < -0.4 is 14.8 Å². The first kappa shape index (κ1) is 19.0. The van der Waals surface area contributed by atoms with Gasteiger partial charge in [0.05, 0.1) is 25.2 Å².